The van der Waals surface area contributed by atoms with Crippen LogP contribution in [0.3, 0.4) is 0 Å². The molecule has 2 saturated heterocycles. The van der Waals surface area contributed by atoms with Crippen LogP contribution in [0.15, 0.2) is 0 Å². The molecule has 0 aromatic carbocycles. The summed E-state index contributed by atoms with van der Waals surface area (Å²) in [5, 5.41) is 0. The van der Waals surface area contributed by atoms with Crippen molar-refractivity contribution in [2.75, 3.05) is 7.11 Å². The molecule has 0 radical (unpaired) electrons. The lowest BCUT2D eigenvalue weighted by Crippen LogP contribution is -2.51. The van der Waals surface area contributed by atoms with Gasteiger partial charge < -0.3 is 14.2 Å². The number of fused-ring (bicyclic) bond motifs is 1. The summed E-state index contributed by atoms with van der Waals surface area (Å²) in [6, 6.07) is 0. The Balaban J connectivity index is 1.73. The molecule has 3 fully saturated rings. The van der Waals surface area contributed by atoms with E-state index < -0.39 is 0 Å². The zero-order valence-electron chi connectivity index (χ0n) is 12.1. The summed E-state index contributed by atoms with van der Waals surface area (Å²) in [5.74, 6) is 1.06. The molecule has 0 aromatic rings. The fourth-order valence-corrected chi connectivity index (χ4v) is 4.12. The molecule has 19 heavy (non-hydrogen) atoms. The van der Waals surface area contributed by atoms with E-state index in [-0.39, 0.29) is 23.8 Å². The Labute approximate surface area is 114 Å². The van der Waals surface area contributed by atoms with Gasteiger partial charge >= 0.3 is 5.97 Å². The molecule has 6 atom stereocenters. The van der Waals surface area contributed by atoms with Crippen LogP contribution in [0.25, 0.3) is 0 Å². The first-order chi connectivity index (χ1) is 9.04. The van der Waals surface area contributed by atoms with Gasteiger partial charge in [0.25, 0.3) is 0 Å². The van der Waals surface area contributed by atoms with Gasteiger partial charge in [-0.2, -0.15) is 0 Å². The summed E-state index contributed by atoms with van der Waals surface area (Å²) in [4.78, 5) is 11.4. The van der Waals surface area contributed by atoms with Crippen molar-refractivity contribution in [3.63, 3.8) is 0 Å². The summed E-state index contributed by atoms with van der Waals surface area (Å²) in [6.07, 6.45) is 4.93. The van der Waals surface area contributed by atoms with Gasteiger partial charge in [0.05, 0.1) is 37.4 Å². The SMILES string of the molecule is COC(=O)C[C@H]1CC[C@@H]2O[C@H]3C[C@]2(C[C@@H](C)[C@H]3C)O1. The zero-order valence-corrected chi connectivity index (χ0v) is 12.1. The van der Waals surface area contributed by atoms with Crippen molar-refractivity contribution in [2.24, 2.45) is 11.8 Å². The van der Waals surface area contributed by atoms with Crippen molar-refractivity contribution >= 4 is 5.97 Å². The number of methoxy groups -OCH3 is 1. The molecule has 0 amide bonds. The first-order valence-electron chi connectivity index (χ1n) is 7.44. The molecule has 108 valence electrons. The molecule has 4 nitrogen and oxygen atoms in total. The molecule has 1 saturated carbocycles. The van der Waals surface area contributed by atoms with E-state index in [2.05, 4.69) is 13.8 Å². The Bertz CT molecular complexity index is 369. The lowest BCUT2D eigenvalue weighted by atomic mass is 9.70. The van der Waals surface area contributed by atoms with Gasteiger partial charge in [-0.15, -0.1) is 0 Å². The van der Waals surface area contributed by atoms with Gasteiger partial charge in [0.15, 0.2) is 0 Å². The predicted molar refractivity (Wildman–Crippen MR) is 69.7 cm³/mol. The van der Waals surface area contributed by atoms with E-state index in [9.17, 15) is 4.79 Å². The van der Waals surface area contributed by atoms with Crippen LogP contribution in [0, 0.1) is 11.8 Å². The first kappa shape index (κ1) is 13.4. The molecule has 0 aromatic heterocycles. The predicted octanol–water partition coefficient (Wildman–Crippen LogP) is 2.30. The monoisotopic (exact) mass is 268 g/mol. The quantitative estimate of drug-likeness (QED) is 0.721. The van der Waals surface area contributed by atoms with Crippen LogP contribution in [0.2, 0.25) is 0 Å². The minimum absolute atomic E-state index is 0.00616. The van der Waals surface area contributed by atoms with Crippen LogP contribution in [0.4, 0.5) is 0 Å². The molecule has 2 heterocycles. The van der Waals surface area contributed by atoms with Crippen LogP contribution in [-0.2, 0) is 19.0 Å². The number of hydrogen-bond acceptors (Lipinski definition) is 4. The van der Waals surface area contributed by atoms with Crippen molar-refractivity contribution in [3.8, 4) is 0 Å². The van der Waals surface area contributed by atoms with E-state index in [1.54, 1.807) is 0 Å². The highest BCUT2D eigenvalue weighted by Gasteiger charge is 2.58. The molecule has 3 aliphatic rings. The molecule has 1 aliphatic carbocycles. The van der Waals surface area contributed by atoms with E-state index >= 15 is 0 Å². The average molecular weight is 268 g/mol. The summed E-state index contributed by atoms with van der Waals surface area (Å²) < 4.78 is 17.3. The minimum Gasteiger partial charge on any atom is -0.469 e. The van der Waals surface area contributed by atoms with Gasteiger partial charge in [-0.05, 0) is 31.1 Å². The molecule has 3 rings (SSSR count). The number of hydrogen-bond donors (Lipinski definition) is 0. The Morgan fingerprint density at radius 2 is 2.11 bits per heavy atom. The molecule has 2 aliphatic heterocycles. The smallest absolute Gasteiger partial charge is 0.308 e. The fraction of sp³-hybridized carbons (Fsp3) is 0.933. The summed E-state index contributed by atoms with van der Waals surface area (Å²) in [5.41, 5.74) is -0.131. The van der Waals surface area contributed by atoms with Crippen molar-refractivity contribution in [1.82, 2.24) is 0 Å². The highest BCUT2D eigenvalue weighted by atomic mass is 16.6. The van der Waals surface area contributed by atoms with Crippen molar-refractivity contribution < 1.29 is 19.0 Å². The van der Waals surface area contributed by atoms with Crippen LogP contribution >= 0.6 is 0 Å². The molecular formula is C15H24O4. The maximum atomic E-state index is 11.4. The Kier molecular flexibility index (Phi) is 3.34. The van der Waals surface area contributed by atoms with Crippen molar-refractivity contribution in [1.29, 1.82) is 0 Å². The molecular weight excluding hydrogens is 244 g/mol. The molecule has 0 N–H and O–H groups in total. The average Bonchev–Trinajstić information content (AvgIpc) is 2.70. The van der Waals surface area contributed by atoms with Crippen LogP contribution in [-0.4, -0.2) is 37.0 Å². The highest BCUT2D eigenvalue weighted by Crippen LogP contribution is 2.52. The molecule has 0 unspecified atom stereocenters. The molecule has 1 spiro atoms. The van der Waals surface area contributed by atoms with Crippen molar-refractivity contribution in [3.05, 3.63) is 0 Å². The second-order valence-electron chi connectivity index (χ2n) is 6.57. The van der Waals surface area contributed by atoms with Gasteiger partial charge in [0, 0.05) is 6.42 Å². The maximum absolute atomic E-state index is 11.4. The second-order valence-corrected chi connectivity index (χ2v) is 6.57. The third-order valence-corrected chi connectivity index (χ3v) is 5.40. The topological polar surface area (TPSA) is 44.8 Å². The third-order valence-electron chi connectivity index (χ3n) is 5.40. The van der Waals surface area contributed by atoms with E-state index in [0.717, 1.165) is 25.7 Å². The fourth-order valence-electron chi connectivity index (χ4n) is 4.12. The number of carbonyl (C=O) groups is 1. The normalized spacial score (nSPS) is 48.7. The number of carbonyl (C=O) groups excluding carboxylic acids is 1. The third kappa shape index (κ3) is 2.19. The first-order valence-corrected chi connectivity index (χ1v) is 7.44. The van der Waals surface area contributed by atoms with Gasteiger partial charge in [-0.1, -0.05) is 13.8 Å². The summed E-state index contributed by atoms with van der Waals surface area (Å²) >= 11 is 0. The van der Waals surface area contributed by atoms with E-state index in [0.29, 0.717) is 24.4 Å². The van der Waals surface area contributed by atoms with Gasteiger partial charge in [0.1, 0.15) is 0 Å². The largest absolute Gasteiger partial charge is 0.469 e. The van der Waals surface area contributed by atoms with Crippen LogP contribution in [0.1, 0.15) is 46.0 Å². The van der Waals surface area contributed by atoms with Crippen LogP contribution in [0.5, 0.6) is 0 Å². The highest BCUT2D eigenvalue weighted by molar-refractivity contribution is 5.69. The van der Waals surface area contributed by atoms with E-state index in [4.69, 9.17) is 14.2 Å². The Morgan fingerprint density at radius 1 is 1.32 bits per heavy atom. The van der Waals surface area contributed by atoms with Gasteiger partial charge in [-0.25, -0.2) is 0 Å². The summed E-state index contributed by atoms with van der Waals surface area (Å²) in [6.45, 7) is 4.57. The van der Waals surface area contributed by atoms with E-state index in [1.165, 1.54) is 7.11 Å². The standard InChI is InChI=1S/C15H24O4/c1-9-7-15-8-12(10(9)2)18-13(15)5-4-11(19-15)6-14(16)17-3/h9-13H,4-8H2,1-3H3/t9-,10-,11-,12+,13+,15+/m1/s1. The number of esters is 1. The van der Waals surface area contributed by atoms with Gasteiger partial charge in [0.2, 0.25) is 0 Å². The number of rotatable bonds is 2. The molecule has 2 bridgehead atoms. The number of ether oxygens (including phenoxy) is 3. The van der Waals surface area contributed by atoms with Crippen molar-refractivity contribution in [2.45, 2.75) is 69.9 Å². The zero-order chi connectivity index (χ0) is 13.6. The summed E-state index contributed by atoms with van der Waals surface area (Å²) in [7, 11) is 1.44. The maximum Gasteiger partial charge on any atom is 0.308 e. The van der Waals surface area contributed by atoms with E-state index in [1.807, 2.05) is 0 Å². The van der Waals surface area contributed by atoms with Crippen LogP contribution < -0.4 is 0 Å². The Hall–Kier alpha value is -0.610. The Morgan fingerprint density at radius 3 is 2.84 bits per heavy atom. The lowest BCUT2D eigenvalue weighted by Gasteiger charge is -2.45. The lowest BCUT2D eigenvalue weighted by molar-refractivity contribution is -0.178. The minimum atomic E-state index is -0.174. The molecule has 4 heteroatoms. The van der Waals surface area contributed by atoms with Gasteiger partial charge in [-0.3, -0.25) is 4.79 Å². The second kappa shape index (κ2) is 4.74.